The molecule has 4 nitrogen and oxygen atoms in total. The van der Waals surface area contributed by atoms with Crippen molar-refractivity contribution < 1.29 is 4.79 Å². The molecular formula is C14H21N3OSSi. The lowest BCUT2D eigenvalue weighted by atomic mass is 10.1. The molecule has 0 radical (unpaired) electrons. The molecule has 3 rings (SSSR count). The maximum atomic E-state index is 12.3. The lowest BCUT2D eigenvalue weighted by Crippen LogP contribution is -2.42. The molecule has 0 spiro atoms. The van der Waals surface area contributed by atoms with E-state index in [1.165, 1.54) is 12.1 Å². The Labute approximate surface area is 124 Å². The van der Waals surface area contributed by atoms with Crippen molar-refractivity contribution in [2.75, 3.05) is 0 Å². The lowest BCUT2D eigenvalue weighted by molar-refractivity contribution is 0.0929. The van der Waals surface area contributed by atoms with E-state index < -0.39 is 8.07 Å². The smallest absolute Gasteiger partial charge is 0.268 e. The van der Waals surface area contributed by atoms with Gasteiger partial charge in [0.25, 0.3) is 5.91 Å². The van der Waals surface area contributed by atoms with Gasteiger partial charge in [0.2, 0.25) is 0 Å². The SMILES string of the molecule is Cc1nc2cc(C(=O)NC3CC[Si](C)(C)CC3)[nH]c2s1. The second-order valence-electron chi connectivity index (χ2n) is 6.54. The summed E-state index contributed by atoms with van der Waals surface area (Å²) in [5.41, 5.74) is 1.54. The zero-order valence-corrected chi connectivity index (χ0v) is 14.1. The number of amides is 1. The summed E-state index contributed by atoms with van der Waals surface area (Å²) in [6.07, 6.45) is 2.27. The molecule has 108 valence electrons. The predicted molar refractivity (Wildman–Crippen MR) is 86.3 cm³/mol. The molecule has 3 heterocycles. The average molecular weight is 307 g/mol. The first-order chi connectivity index (χ1) is 9.43. The van der Waals surface area contributed by atoms with Crippen molar-refractivity contribution in [2.24, 2.45) is 0 Å². The third-order valence-corrected chi connectivity index (χ3v) is 8.40. The summed E-state index contributed by atoms with van der Waals surface area (Å²) in [5.74, 6) is 0.0132. The van der Waals surface area contributed by atoms with E-state index in [0.29, 0.717) is 11.7 Å². The second kappa shape index (κ2) is 5.00. The Hall–Kier alpha value is -1.14. The van der Waals surface area contributed by atoms with Crippen molar-refractivity contribution >= 4 is 35.7 Å². The molecule has 1 aliphatic rings. The fourth-order valence-electron chi connectivity index (χ4n) is 2.85. The quantitative estimate of drug-likeness (QED) is 0.834. The molecule has 1 fully saturated rings. The number of carbonyl (C=O) groups excluding carboxylic acids is 1. The van der Waals surface area contributed by atoms with Crippen molar-refractivity contribution in [1.82, 2.24) is 15.3 Å². The van der Waals surface area contributed by atoms with Crippen LogP contribution in [0.25, 0.3) is 10.3 Å². The molecule has 1 aliphatic heterocycles. The van der Waals surface area contributed by atoms with Crippen LogP contribution < -0.4 is 5.32 Å². The second-order valence-corrected chi connectivity index (χ2v) is 13.1. The van der Waals surface area contributed by atoms with Crippen LogP contribution in [0.4, 0.5) is 0 Å². The molecule has 0 bridgehead atoms. The van der Waals surface area contributed by atoms with E-state index in [1.807, 2.05) is 13.0 Å². The molecule has 1 amide bonds. The number of rotatable bonds is 2. The molecule has 1 saturated heterocycles. The number of hydrogen-bond donors (Lipinski definition) is 2. The molecule has 0 atom stereocenters. The first-order valence-electron chi connectivity index (χ1n) is 7.20. The Bertz CT molecular complexity index is 604. The highest BCUT2D eigenvalue weighted by molar-refractivity contribution is 7.18. The van der Waals surface area contributed by atoms with Crippen LogP contribution in [0.15, 0.2) is 6.07 Å². The molecular weight excluding hydrogens is 286 g/mol. The van der Waals surface area contributed by atoms with Crippen LogP contribution in [0.3, 0.4) is 0 Å². The van der Waals surface area contributed by atoms with E-state index >= 15 is 0 Å². The normalized spacial score (nSPS) is 19.4. The minimum atomic E-state index is -0.952. The van der Waals surface area contributed by atoms with Crippen LogP contribution in [0, 0.1) is 6.92 Å². The maximum Gasteiger partial charge on any atom is 0.268 e. The Balaban J connectivity index is 1.65. The van der Waals surface area contributed by atoms with Crippen molar-refractivity contribution in [2.45, 2.75) is 51.0 Å². The van der Waals surface area contributed by atoms with Crippen LogP contribution in [0.1, 0.15) is 28.3 Å². The topological polar surface area (TPSA) is 57.8 Å². The van der Waals surface area contributed by atoms with Gasteiger partial charge in [0.05, 0.1) is 5.01 Å². The van der Waals surface area contributed by atoms with Gasteiger partial charge in [-0.05, 0) is 25.8 Å². The first-order valence-corrected chi connectivity index (χ1v) is 11.4. The lowest BCUT2D eigenvalue weighted by Gasteiger charge is -2.33. The van der Waals surface area contributed by atoms with Crippen LogP contribution in [-0.2, 0) is 0 Å². The third kappa shape index (κ3) is 2.81. The van der Waals surface area contributed by atoms with Gasteiger partial charge in [0, 0.05) is 14.1 Å². The number of fused-ring (bicyclic) bond motifs is 1. The molecule has 0 aliphatic carbocycles. The molecule has 0 aromatic carbocycles. The van der Waals surface area contributed by atoms with Crippen molar-refractivity contribution in [3.05, 3.63) is 16.8 Å². The molecule has 0 unspecified atom stereocenters. The summed E-state index contributed by atoms with van der Waals surface area (Å²) in [7, 11) is -0.952. The fraction of sp³-hybridized carbons (Fsp3) is 0.571. The van der Waals surface area contributed by atoms with Gasteiger partial charge in [-0.2, -0.15) is 0 Å². The Morgan fingerprint density at radius 2 is 2.15 bits per heavy atom. The predicted octanol–water partition coefficient (Wildman–Crippen LogP) is 3.53. The highest BCUT2D eigenvalue weighted by atomic mass is 32.1. The van der Waals surface area contributed by atoms with Gasteiger partial charge in [-0.3, -0.25) is 4.79 Å². The summed E-state index contributed by atoms with van der Waals surface area (Å²) in [6, 6.07) is 4.84. The molecule has 0 saturated carbocycles. The van der Waals surface area contributed by atoms with E-state index in [9.17, 15) is 4.79 Å². The Morgan fingerprint density at radius 3 is 2.80 bits per heavy atom. The van der Waals surface area contributed by atoms with E-state index in [4.69, 9.17) is 0 Å². The minimum Gasteiger partial charge on any atom is -0.348 e. The third-order valence-electron chi connectivity index (χ3n) is 4.21. The average Bonchev–Trinajstić information content (AvgIpc) is 2.89. The first kappa shape index (κ1) is 13.8. The number of H-pyrrole nitrogens is 1. The number of aromatic nitrogens is 2. The van der Waals surface area contributed by atoms with Gasteiger partial charge in [-0.25, -0.2) is 4.98 Å². The highest BCUT2D eigenvalue weighted by Crippen LogP contribution is 2.28. The number of carbonyl (C=O) groups is 1. The van der Waals surface area contributed by atoms with Crippen molar-refractivity contribution in [1.29, 1.82) is 0 Å². The van der Waals surface area contributed by atoms with Gasteiger partial charge >= 0.3 is 0 Å². The molecule has 2 N–H and O–H groups in total. The fourth-order valence-corrected chi connectivity index (χ4v) is 6.17. The standard InChI is InChI=1S/C14H21N3OSSi/c1-9-15-12-8-11(17-14(12)19-9)13(18)16-10-4-6-20(2,3)7-5-10/h8,10,17H,4-7H2,1-3H3,(H,16,18). The monoisotopic (exact) mass is 307 g/mol. The minimum absolute atomic E-state index is 0.0132. The number of nitrogens with one attached hydrogen (secondary N) is 2. The van der Waals surface area contributed by atoms with Crippen LogP contribution in [-0.4, -0.2) is 30.0 Å². The maximum absolute atomic E-state index is 12.3. The van der Waals surface area contributed by atoms with E-state index in [1.54, 1.807) is 11.3 Å². The van der Waals surface area contributed by atoms with Crippen LogP contribution in [0.5, 0.6) is 0 Å². The van der Waals surface area contributed by atoms with E-state index in [-0.39, 0.29) is 5.91 Å². The van der Waals surface area contributed by atoms with E-state index in [0.717, 1.165) is 28.2 Å². The zero-order valence-electron chi connectivity index (χ0n) is 12.2. The Kier molecular flexibility index (Phi) is 3.46. The van der Waals surface area contributed by atoms with Gasteiger partial charge < -0.3 is 10.3 Å². The van der Waals surface area contributed by atoms with Crippen molar-refractivity contribution in [3.8, 4) is 0 Å². The molecule has 6 heteroatoms. The number of nitrogens with zero attached hydrogens (tertiary/aromatic N) is 1. The Morgan fingerprint density at radius 1 is 1.45 bits per heavy atom. The number of hydrogen-bond acceptors (Lipinski definition) is 3. The zero-order chi connectivity index (χ0) is 14.3. The van der Waals surface area contributed by atoms with Gasteiger partial charge in [-0.1, -0.05) is 25.2 Å². The number of thiazole rings is 1. The van der Waals surface area contributed by atoms with Gasteiger partial charge in [-0.15, -0.1) is 11.3 Å². The summed E-state index contributed by atoms with van der Waals surface area (Å²) in [6.45, 7) is 6.86. The number of aromatic amines is 1. The summed E-state index contributed by atoms with van der Waals surface area (Å²) in [5, 5.41) is 4.19. The summed E-state index contributed by atoms with van der Waals surface area (Å²) in [4.78, 5) is 20.8. The highest BCUT2D eigenvalue weighted by Gasteiger charge is 2.29. The van der Waals surface area contributed by atoms with Crippen molar-refractivity contribution in [3.63, 3.8) is 0 Å². The van der Waals surface area contributed by atoms with Crippen LogP contribution >= 0.6 is 11.3 Å². The summed E-state index contributed by atoms with van der Waals surface area (Å²) < 4.78 is 0. The molecule has 2 aromatic rings. The largest absolute Gasteiger partial charge is 0.348 e. The van der Waals surface area contributed by atoms with Crippen LogP contribution in [0.2, 0.25) is 25.2 Å². The van der Waals surface area contributed by atoms with Gasteiger partial charge in [0.15, 0.2) is 0 Å². The molecule has 2 aromatic heterocycles. The number of aryl methyl sites for hydroxylation is 1. The van der Waals surface area contributed by atoms with E-state index in [2.05, 4.69) is 28.4 Å². The summed E-state index contributed by atoms with van der Waals surface area (Å²) >= 11 is 1.60. The van der Waals surface area contributed by atoms with Gasteiger partial charge in [0.1, 0.15) is 16.0 Å². The molecule has 20 heavy (non-hydrogen) atoms.